The highest BCUT2D eigenvalue weighted by Crippen LogP contribution is 2.32. The lowest BCUT2D eigenvalue weighted by Crippen LogP contribution is -2.45. The van der Waals surface area contributed by atoms with Crippen molar-refractivity contribution >= 4 is 28.5 Å². The third-order valence-corrected chi connectivity index (χ3v) is 4.39. The van der Waals surface area contributed by atoms with Crippen LogP contribution in [0.25, 0.3) is 11.0 Å². The predicted molar refractivity (Wildman–Crippen MR) is 80.6 cm³/mol. The van der Waals surface area contributed by atoms with Crippen molar-refractivity contribution in [3.63, 3.8) is 0 Å². The second-order valence-corrected chi connectivity index (χ2v) is 5.89. The molecule has 1 aromatic heterocycles. The number of piperidine rings is 1. The number of fused-ring (bicyclic) bond motifs is 1. The van der Waals surface area contributed by atoms with Crippen molar-refractivity contribution in [1.29, 1.82) is 0 Å². The van der Waals surface area contributed by atoms with Crippen molar-refractivity contribution in [2.24, 2.45) is 0 Å². The van der Waals surface area contributed by atoms with Crippen molar-refractivity contribution in [3.8, 4) is 0 Å². The number of hydrogen-bond donors (Lipinski definition) is 0. The fourth-order valence-corrected chi connectivity index (χ4v) is 3.15. The number of ether oxygens (including phenoxy) is 2. The number of nitrogens with zero attached hydrogens (tertiary/aromatic N) is 3. The van der Waals surface area contributed by atoms with Gasteiger partial charge in [0.2, 0.25) is 0 Å². The molecular weight excluding hydrogens is 290 g/mol. The van der Waals surface area contributed by atoms with E-state index in [4.69, 9.17) is 21.1 Å². The molecule has 0 bridgehead atoms. The Labute approximate surface area is 127 Å². The van der Waals surface area contributed by atoms with Crippen molar-refractivity contribution in [3.05, 3.63) is 29.4 Å². The third kappa shape index (κ3) is 2.46. The Morgan fingerprint density at radius 3 is 2.62 bits per heavy atom. The maximum Gasteiger partial charge on any atom is 0.171 e. The van der Waals surface area contributed by atoms with E-state index < -0.39 is 0 Å². The molecule has 2 saturated heterocycles. The molecule has 0 radical (unpaired) electrons. The van der Waals surface area contributed by atoms with E-state index >= 15 is 0 Å². The van der Waals surface area contributed by atoms with Crippen LogP contribution in [-0.2, 0) is 9.47 Å². The van der Waals surface area contributed by atoms with Crippen LogP contribution in [0.3, 0.4) is 0 Å². The molecule has 3 heterocycles. The lowest BCUT2D eigenvalue weighted by atomic mass is 10.0. The summed E-state index contributed by atoms with van der Waals surface area (Å²) in [6.07, 6.45) is 3.55. The SMILES string of the molecule is Clc1ccc2nc(N3CCC4(CC3)OCCO4)cnc2c1. The standard InChI is InChI=1S/C15H16ClN3O2/c16-11-1-2-12-13(9-11)17-10-14(18-12)19-5-3-15(4-6-19)20-7-8-21-15/h1-2,9-10H,3-8H2. The molecule has 0 amide bonds. The predicted octanol–water partition coefficient (Wildman–Crippen LogP) is 2.63. The first-order valence-corrected chi connectivity index (χ1v) is 7.57. The minimum Gasteiger partial charge on any atom is -0.355 e. The third-order valence-electron chi connectivity index (χ3n) is 4.15. The van der Waals surface area contributed by atoms with Gasteiger partial charge >= 0.3 is 0 Å². The molecule has 0 unspecified atom stereocenters. The summed E-state index contributed by atoms with van der Waals surface area (Å²) < 4.78 is 11.5. The van der Waals surface area contributed by atoms with Crippen LogP contribution in [0.5, 0.6) is 0 Å². The lowest BCUT2D eigenvalue weighted by Gasteiger charge is -2.38. The van der Waals surface area contributed by atoms with Gasteiger partial charge in [-0.1, -0.05) is 11.6 Å². The second kappa shape index (κ2) is 5.09. The number of benzene rings is 1. The van der Waals surface area contributed by atoms with Gasteiger partial charge in [-0.15, -0.1) is 0 Å². The molecule has 0 aliphatic carbocycles. The van der Waals surface area contributed by atoms with Gasteiger partial charge < -0.3 is 14.4 Å². The quantitative estimate of drug-likeness (QED) is 0.810. The number of anilines is 1. The summed E-state index contributed by atoms with van der Waals surface area (Å²) in [5.74, 6) is 0.548. The van der Waals surface area contributed by atoms with E-state index in [9.17, 15) is 0 Å². The van der Waals surface area contributed by atoms with Crippen molar-refractivity contribution in [2.75, 3.05) is 31.2 Å². The Kier molecular flexibility index (Phi) is 3.21. The number of halogens is 1. The highest BCUT2D eigenvalue weighted by molar-refractivity contribution is 6.31. The van der Waals surface area contributed by atoms with Crippen molar-refractivity contribution in [1.82, 2.24) is 9.97 Å². The summed E-state index contributed by atoms with van der Waals surface area (Å²) in [6, 6.07) is 5.58. The van der Waals surface area contributed by atoms with Gasteiger partial charge in [-0.25, -0.2) is 4.98 Å². The maximum absolute atomic E-state index is 5.97. The highest BCUT2D eigenvalue weighted by atomic mass is 35.5. The summed E-state index contributed by atoms with van der Waals surface area (Å²) >= 11 is 5.97. The van der Waals surface area contributed by atoms with Crippen LogP contribution in [0.1, 0.15) is 12.8 Å². The van der Waals surface area contributed by atoms with Crippen LogP contribution in [0, 0.1) is 0 Å². The summed E-state index contributed by atoms with van der Waals surface area (Å²) in [5.41, 5.74) is 1.69. The largest absolute Gasteiger partial charge is 0.355 e. The molecule has 6 heteroatoms. The highest BCUT2D eigenvalue weighted by Gasteiger charge is 2.40. The molecule has 0 saturated carbocycles. The molecule has 2 aromatic rings. The van der Waals surface area contributed by atoms with E-state index in [1.807, 2.05) is 24.4 Å². The Bertz CT molecular complexity index is 663. The fraction of sp³-hybridized carbons (Fsp3) is 0.467. The Morgan fingerprint density at radius 2 is 1.86 bits per heavy atom. The molecular formula is C15H16ClN3O2. The molecule has 110 valence electrons. The first kappa shape index (κ1) is 13.2. The molecule has 1 aromatic carbocycles. The van der Waals surface area contributed by atoms with Crippen LogP contribution < -0.4 is 4.90 Å². The molecule has 1 spiro atoms. The van der Waals surface area contributed by atoms with Crippen molar-refractivity contribution in [2.45, 2.75) is 18.6 Å². The summed E-state index contributed by atoms with van der Waals surface area (Å²) in [7, 11) is 0. The van der Waals surface area contributed by atoms with E-state index in [-0.39, 0.29) is 5.79 Å². The first-order valence-electron chi connectivity index (χ1n) is 7.19. The zero-order valence-electron chi connectivity index (χ0n) is 11.6. The van der Waals surface area contributed by atoms with E-state index in [2.05, 4.69) is 14.9 Å². The zero-order valence-corrected chi connectivity index (χ0v) is 12.3. The molecule has 2 aliphatic rings. The fourth-order valence-electron chi connectivity index (χ4n) is 2.99. The average molecular weight is 306 g/mol. The van der Waals surface area contributed by atoms with Gasteiger partial charge in [-0.3, -0.25) is 4.98 Å². The molecule has 0 atom stereocenters. The molecule has 5 nitrogen and oxygen atoms in total. The first-order chi connectivity index (χ1) is 10.2. The van der Waals surface area contributed by atoms with E-state index in [1.54, 1.807) is 0 Å². The molecule has 21 heavy (non-hydrogen) atoms. The Morgan fingerprint density at radius 1 is 1.10 bits per heavy atom. The minimum absolute atomic E-state index is 0.353. The van der Waals surface area contributed by atoms with Gasteiger partial charge in [0.05, 0.1) is 30.4 Å². The molecule has 2 fully saturated rings. The monoisotopic (exact) mass is 305 g/mol. The summed E-state index contributed by atoms with van der Waals surface area (Å²) in [6.45, 7) is 3.15. The van der Waals surface area contributed by atoms with Gasteiger partial charge in [0.25, 0.3) is 0 Å². The molecule has 0 N–H and O–H groups in total. The molecule has 4 rings (SSSR count). The maximum atomic E-state index is 5.97. The van der Waals surface area contributed by atoms with E-state index in [0.717, 1.165) is 42.8 Å². The number of aromatic nitrogens is 2. The second-order valence-electron chi connectivity index (χ2n) is 5.46. The average Bonchev–Trinajstić information content (AvgIpc) is 2.96. The van der Waals surface area contributed by atoms with E-state index in [0.29, 0.717) is 18.2 Å². The smallest absolute Gasteiger partial charge is 0.171 e. The van der Waals surface area contributed by atoms with Crippen LogP contribution in [-0.4, -0.2) is 42.1 Å². The Balaban J connectivity index is 1.55. The number of rotatable bonds is 1. The van der Waals surface area contributed by atoms with Gasteiger partial charge in [-0.05, 0) is 18.2 Å². The van der Waals surface area contributed by atoms with Gasteiger partial charge in [0.1, 0.15) is 5.82 Å². The summed E-state index contributed by atoms with van der Waals surface area (Å²) in [5, 5.41) is 0.681. The van der Waals surface area contributed by atoms with Gasteiger partial charge in [-0.2, -0.15) is 0 Å². The topological polar surface area (TPSA) is 47.5 Å². The van der Waals surface area contributed by atoms with Crippen LogP contribution in [0.2, 0.25) is 5.02 Å². The zero-order chi connectivity index (χ0) is 14.3. The molecule has 2 aliphatic heterocycles. The van der Waals surface area contributed by atoms with Gasteiger partial charge in [0, 0.05) is 31.0 Å². The van der Waals surface area contributed by atoms with Crippen LogP contribution >= 0.6 is 11.6 Å². The number of hydrogen-bond acceptors (Lipinski definition) is 5. The summed E-state index contributed by atoms with van der Waals surface area (Å²) in [4.78, 5) is 11.4. The van der Waals surface area contributed by atoms with Crippen LogP contribution in [0.15, 0.2) is 24.4 Å². The van der Waals surface area contributed by atoms with Crippen molar-refractivity contribution < 1.29 is 9.47 Å². The lowest BCUT2D eigenvalue weighted by molar-refractivity contribution is -0.169. The van der Waals surface area contributed by atoms with Crippen LogP contribution in [0.4, 0.5) is 5.82 Å². The van der Waals surface area contributed by atoms with E-state index in [1.165, 1.54) is 0 Å². The minimum atomic E-state index is -0.353. The Hall–Kier alpha value is -1.43. The normalized spacial score (nSPS) is 21.3. The van der Waals surface area contributed by atoms with Gasteiger partial charge in [0.15, 0.2) is 5.79 Å².